The Hall–Kier alpha value is -2.30. The molecule has 0 atom stereocenters. The third kappa shape index (κ3) is 4.83. The molecular formula is C14H16O5. The van der Waals surface area contributed by atoms with Crippen molar-refractivity contribution in [1.82, 2.24) is 0 Å². The van der Waals surface area contributed by atoms with Crippen LogP contribution < -0.4 is 9.47 Å². The number of benzene rings is 1. The van der Waals surface area contributed by atoms with Crippen molar-refractivity contribution in [3.8, 4) is 11.5 Å². The van der Waals surface area contributed by atoms with Crippen molar-refractivity contribution in [1.29, 1.82) is 0 Å². The van der Waals surface area contributed by atoms with Crippen LogP contribution in [0.5, 0.6) is 11.5 Å². The molecule has 1 aromatic rings. The van der Waals surface area contributed by atoms with Gasteiger partial charge in [-0.2, -0.15) is 0 Å². The number of hydrogen-bond acceptors (Lipinski definition) is 5. The minimum Gasteiger partial charge on any atom is -0.493 e. The van der Waals surface area contributed by atoms with Gasteiger partial charge in [-0.3, -0.25) is 4.79 Å². The van der Waals surface area contributed by atoms with Gasteiger partial charge in [-0.05, 0) is 30.7 Å². The Labute approximate surface area is 111 Å². The van der Waals surface area contributed by atoms with Crippen molar-refractivity contribution in [3.63, 3.8) is 0 Å². The molecule has 0 amide bonds. The Morgan fingerprint density at radius 3 is 2.58 bits per heavy atom. The summed E-state index contributed by atoms with van der Waals surface area (Å²) < 4.78 is 14.9. The summed E-state index contributed by atoms with van der Waals surface area (Å²) in [4.78, 5) is 22.1. The van der Waals surface area contributed by atoms with Crippen LogP contribution in [0.4, 0.5) is 0 Å². The van der Waals surface area contributed by atoms with Gasteiger partial charge in [0.15, 0.2) is 11.5 Å². The minimum atomic E-state index is -0.423. The number of rotatable bonds is 5. The first-order chi connectivity index (χ1) is 9.06. The maximum Gasteiger partial charge on any atom is 0.330 e. The number of carbonyl (C=O) groups is 2. The topological polar surface area (TPSA) is 61.8 Å². The van der Waals surface area contributed by atoms with Crippen LogP contribution in [0.2, 0.25) is 0 Å². The molecule has 0 heterocycles. The van der Waals surface area contributed by atoms with Crippen molar-refractivity contribution >= 4 is 18.0 Å². The molecule has 19 heavy (non-hydrogen) atoms. The Morgan fingerprint density at radius 1 is 1.26 bits per heavy atom. The molecule has 0 saturated carbocycles. The fourth-order valence-corrected chi connectivity index (χ4v) is 1.38. The average molecular weight is 264 g/mol. The second kappa shape index (κ2) is 7.20. The van der Waals surface area contributed by atoms with E-state index in [1.807, 2.05) is 0 Å². The van der Waals surface area contributed by atoms with Gasteiger partial charge in [0.1, 0.15) is 0 Å². The van der Waals surface area contributed by atoms with E-state index < -0.39 is 11.9 Å². The summed E-state index contributed by atoms with van der Waals surface area (Å²) in [6.45, 7) is 3.38. The van der Waals surface area contributed by atoms with Crippen LogP contribution in [0.1, 0.15) is 19.4 Å². The predicted octanol–water partition coefficient (Wildman–Crippen LogP) is 2.20. The molecule has 0 aromatic heterocycles. The zero-order chi connectivity index (χ0) is 14.3. The highest BCUT2D eigenvalue weighted by atomic mass is 16.6. The van der Waals surface area contributed by atoms with Crippen LogP contribution in [0.15, 0.2) is 24.3 Å². The number of esters is 2. The molecule has 0 bridgehead atoms. The van der Waals surface area contributed by atoms with Crippen LogP contribution in [0.3, 0.4) is 0 Å². The molecule has 0 spiro atoms. The molecule has 0 aliphatic rings. The lowest BCUT2D eigenvalue weighted by atomic mass is 10.2. The summed E-state index contributed by atoms with van der Waals surface area (Å²) in [7, 11) is 1.47. The molecule has 0 fully saturated rings. The van der Waals surface area contributed by atoms with Gasteiger partial charge in [0, 0.05) is 13.0 Å². The molecule has 0 saturated heterocycles. The van der Waals surface area contributed by atoms with Gasteiger partial charge in [0.25, 0.3) is 0 Å². The Kier molecular flexibility index (Phi) is 5.60. The van der Waals surface area contributed by atoms with E-state index in [2.05, 4.69) is 0 Å². The quantitative estimate of drug-likeness (QED) is 0.463. The maximum absolute atomic E-state index is 11.2. The van der Waals surface area contributed by atoms with Crippen LogP contribution in [0.25, 0.3) is 6.08 Å². The van der Waals surface area contributed by atoms with Gasteiger partial charge in [-0.25, -0.2) is 4.79 Å². The Morgan fingerprint density at radius 2 is 2.00 bits per heavy atom. The van der Waals surface area contributed by atoms with Crippen molar-refractivity contribution < 1.29 is 23.8 Å². The van der Waals surface area contributed by atoms with Gasteiger partial charge in [-0.1, -0.05) is 6.07 Å². The lowest BCUT2D eigenvalue weighted by molar-refractivity contribution is -0.137. The fourth-order valence-electron chi connectivity index (χ4n) is 1.38. The van der Waals surface area contributed by atoms with E-state index in [1.54, 1.807) is 31.2 Å². The monoisotopic (exact) mass is 264 g/mol. The molecule has 102 valence electrons. The normalized spacial score (nSPS) is 10.3. The second-order valence-corrected chi connectivity index (χ2v) is 3.59. The van der Waals surface area contributed by atoms with Gasteiger partial charge in [0.2, 0.25) is 0 Å². The number of carbonyl (C=O) groups excluding carboxylic acids is 2. The first-order valence-corrected chi connectivity index (χ1v) is 5.78. The third-order valence-electron chi connectivity index (χ3n) is 2.14. The van der Waals surface area contributed by atoms with Crippen LogP contribution in [-0.4, -0.2) is 25.7 Å². The van der Waals surface area contributed by atoms with Crippen molar-refractivity contribution in [2.45, 2.75) is 13.8 Å². The summed E-state index contributed by atoms with van der Waals surface area (Å²) in [6.07, 6.45) is 2.92. The molecule has 5 nitrogen and oxygen atoms in total. The Bertz CT molecular complexity index is 491. The minimum absolute atomic E-state index is 0.331. The fraction of sp³-hybridized carbons (Fsp3) is 0.286. The molecule has 0 N–H and O–H groups in total. The van der Waals surface area contributed by atoms with E-state index in [0.29, 0.717) is 18.1 Å². The standard InChI is InChI=1S/C14H16O5/c1-4-18-14(16)8-6-11-5-7-12(19-10(2)15)13(9-11)17-3/h5-9H,4H2,1-3H3. The number of hydrogen-bond donors (Lipinski definition) is 0. The largest absolute Gasteiger partial charge is 0.493 e. The molecule has 5 heteroatoms. The maximum atomic E-state index is 11.2. The molecule has 0 radical (unpaired) electrons. The molecule has 1 rings (SSSR count). The van der Waals surface area contributed by atoms with E-state index >= 15 is 0 Å². The van der Waals surface area contributed by atoms with Crippen LogP contribution in [-0.2, 0) is 14.3 Å². The van der Waals surface area contributed by atoms with Crippen LogP contribution in [0, 0.1) is 0 Å². The third-order valence-corrected chi connectivity index (χ3v) is 2.14. The molecule has 0 aliphatic carbocycles. The van der Waals surface area contributed by atoms with E-state index in [4.69, 9.17) is 14.2 Å². The molecular weight excluding hydrogens is 248 g/mol. The second-order valence-electron chi connectivity index (χ2n) is 3.59. The lowest BCUT2D eigenvalue weighted by Crippen LogP contribution is -2.03. The SMILES string of the molecule is CCOC(=O)C=Cc1ccc(OC(C)=O)c(OC)c1. The number of methoxy groups -OCH3 is 1. The van der Waals surface area contributed by atoms with Gasteiger partial charge >= 0.3 is 11.9 Å². The van der Waals surface area contributed by atoms with E-state index in [0.717, 1.165) is 5.56 Å². The van der Waals surface area contributed by atoms with E-state index in [9.17, 15) is 9.59 Å². The van der Waals surface area contributed by atoms with E-state index in [1.165, 1.54) is 20.1 Å². The van der Waals surface area contributed by atoms with E-state index in [-0.39, 0.29) is 0 Å². The van der Waals surface area contributed by atoms with Crippen LogP contribution >= 0.6 is 0 Å². The average Bonchev–Trinajstić information content (AvgIpc) is 2.37. The van der Waals surface area contributed by atoms with Gasteiger partial charge in [-0.15, -0.1) is 0 Å². The summed E-state index contributed by atoms with van der Waals surface area (Å²) in [5.41, 5.74) is 0.737. The van der Waals surface area contributed by atoms with Crippen molar-refractivity contribution in [3.05, 3.63) is 29.8 Å². The van der Waals surface area contributed by atoms with Gasteiger partial charge < -0.3 is 14.2 Å². The summed E-state index contributed by atoms with van der Waals surface area (Å²) >= 11 is 0. The van der Waals surface area contributed by atoms with Crippen molar-refractivity contribution in [2.24, 2.45) is 0 Å². The first kappa shape index (κ1) is 14.8. The molecule has 0 unspecified atom stereocenters. The van der Waals surface area contributed by atoms with Crippen molar-refractivity contribution in [2.75, 3.05) is 13.7 Å². The Balaban J connectivity index is 2.87. The zero-order valence-electron chi connectivity index (χ0n) is 11.1. The molecule has 0 aliphatic heterocycles. The summed E-state index contributed by atoms with van der Waals surface area (Å²) in [5, 5.41) is 0. The predicted molar refractivity (Wildman–Crippen MR) is 70.0 cm³/mol. The summed E-state index contributed by atoms with van der Waals surface area (Å²) in [5.74, 6) is -0.0804. The summed E-state index contributed by atoms with van der Waals surface area (Å²) in [6, 6.07) is 4.97. The smallest absolute Gasteiger partial charge is 0.330 e. The molecule has 1 aromatic carbocycles. The highest BCUT2D eigenvalue weighted by molar-refractivity contribution is 5.87. The zero-order valence-corrected chi connectivity index (χ0v) is 11.1. The number of ether oxygens (including phenoxy) is 3. The first-order valence-electron chi connectivity index (χ1n) is 5.78. The van der Waals surface area contributed by atoms with Gasteiger partial charge in [0.05, 0.1) is 13.7 Å². The highest BCUT2D eigenvalue weighted by Gasteiger charge is 2.07. The lowest BCUT2D eigenvalue weighted by Gasteiger charge is -2.08. The highest BCUT2D eigenvalue weighted by Crippen LogP contribution is 2.28.